The Bertz CT molecular complexity index is 751. The lowest BCUT2D eigenvalue weighted by Crippen LogP contribution is -2.51. The summed E-state index contributed by atoms with van der Waals surface area (Å²) < 4.78 is 33.2. The highest BCUT2D eigenvalue weighted by Crippen LogP contribution is 2.33. The third kappa shape index (κ3) is 5.42. The van der Waals surface area contributed by atoms with Crippen molar-refractivity contribution in [3.63, 3.8) is 0 Å². The van der Waals surface area contributed by atoms with Crippen molar-refractivity contribution in [1.29, 1.82) is 0 Å². The van der Waals surface area contributed by atoms with Crippen LogP contribution in [0.25, 0.3) is 0 Å². The molecule has 172 valence electrons. The molecule has 0 unspecified atom stereocenters. The molecule has 2 saturated heterocycles. The van der Waals surface area contributed by atoms with E-state index in [9.17, 15) is 9.59 Å². The van der Waals surface area contributed by atoms with E-state index in [1.54, 1.807) is 18.7 Å². The number of hydrogen-bond acceptors (Lipinski definition) is 8. The zero-order valence-corrected chi connectivity index (χ0v) is 18.6. The maximum Gasteiger partial charge on any atom is 0.338 e. The lowest BCUT2D eigenvalue weighted by Gasteiger charge is -2.31. The van der Waals surface area contributed by atoms with Gasteiger partial charge >= 0.3 is 5.97 Å². The van der Waals surface area contributed by atoms with Gasteiger partial charge in [0.15, 0.2) is 24.3 Å². The van der Waals surface area contributed by atoms with Crippen LogP contribution in [-0.2, 0) is 44.6 Å². The standard InChI is InChI=1S/C22H31NO8/c1-22(2)30-17(18(31-22)20(25)26-3)19(24)23-12-15(11-16(23)21(27-4)28-5)29-13-14-9-7-6-8-10-14/h6-10,15-18,21H,11-13H2,1-5H3/t15-,16+,17+,18+/m1/s1. The Morgan fingerprint density at radius 3 is 2.35 bits per heavy atom. The van der Waals surface area contributed by atoms with Crippen LogP contribution in [0.4, 0.5) is 0 Å². The van der Waals surface area contributed by atoms with Crippen molar-refractivity contribution >= 4 is 11.9 Å². The molecular weight excluding hydrogens is 406 g/mol. The third-order valence-electron chi connectivity index (χ3n) is 5.47. The number of ether oxygens (including phenoxy) is 6. The molecule has 2 fully saturated rings. The molecule has 1 aromatic carbocycles. The van der Waals surface area contributed by atoms with Gasteiger partial charge in [-0.15, -0.1) is 0 Å². The molecule has 31 heavy (non-hydrogen) atoms. The van der Waals surface area contributed by atoms with E-state index < -0.39 is 42.2 Å². The SMILES string of the molecule is COC(=O)[C@H]1OC(C)(C)O[C@@H]1C(=O)N1C[C@H](OCc2ccccc2)C[C@H]1C(OC)OC. The van der Waals surface area contributed by atoms with Gasteiger partial charge in [-0.2, -0.15) is 0 Å². The van der Waals surface area contributed by atoms with Crippen LogP contribution < -0.4 is 0 Å². The van der Waals surface area contributed by atoms with E-state index >= 15 is 0 Å². The van der Waals surface area contributed by atoms with Crippen LogP contribution in [0.2, 0.25) is 0 Å². The third-order valence-corrected chi connectivity index (χ3v) is 5.47. The molecule has 3 rings (SSSR count). The number of likely N-dealkylation sites (tertiary alicyclic amines) is 1. The largest absolute Gasteiger partial charge is 0.467 e. The van der Waals surface area contributed by atoms with Gasteiger partial charge in [0.1, 0.15) is 0 Å². The average Bonchev–Trinajstić information content (AvgIpc) is 3.33. The van der Waals surface area contributed by atoms with Gasteiger partial charge < -0.3 is 33.3 Å². The number of nitrogens with zero attached hydrogens (tertiary/aromatic N) is 1. The molecule has 0 radical (unpaired) electrons. The lowest BCUT2D eigenvalue weighted by atomic mass is 10.1. The summed E-state index contributed by atoms with van der Waals surface area (Å²) in [6, 6.07) is 9.40. The molecular formula is C22H31NO8. The number of carbonyl (C=O) groups is 2. The number of benzene rings is 1. The summed E-state index contributed by atoms with van der Waals surface area (Å²) in [7, 11) is 4.28. The molecule has 0 N–H and O–H groups in total. The highest BCUT2D eigenvalue weighted by molar-refractivity contribution is 5.89. The van der Waals surface area contributed by atoms with Gasteiger partial charge in [0, 0.05) is 27.2 Å². The van der Waals surface area contributed by atoms with Crippen LogP contribution >= 0.6 is 0 Å². The topological polar surface area (TPSA) is 92.8 Å². The first-order valence-electron chi connectivity index (χ1n) is 10.2. The summed E-state index contributed by atoms with van der Waals surface area (Å²) in [6.45, 7) is 4.03. The molecule has 9 heteroatoms. The molecule has 2 heterocycles. The van der Waals surface area contributed by atoms with Crippen LogP contribution in [0.3, 0.4) is 0 Å². The number of carbonyl (C=O) groups excluding carboxylic acids is 2. The Kier molecular flexibility index (Phi) is 7.66. The van der Waals surface area contributed by atoms with Crippen LogP contribution in [0, 0.1) is 0 Å². The van der Waals surface area contributed by atoms with E-state index in [0.29, 0.717) is 19.6 Å². The zero-order chi connectivity index (χ0) is 22.6. The van der Waals surface area contributed by atoms with Gasteiger partial charge in [-0.3, -0.25) is 4.79 Å². The summed E-state index contributed by atoms with van der Waals surface area (Å²) in [5.74, 6) is -2.15. The summed E-state index contributed by atoms with van der Waals surface area (Å²) in [5.41, 5.74) is 1.04. The molecule has 0 bridgehead atoms. The quantitative estimate of drug-likeness (QED) is 0.446. The highest BCUT2D eigenvalue weighted by atomic mass is 16.8. The minimum Gasteiger partial charge on any atom is -0.467 e. The first-order valence-corrected chi connectivity index (χ1v) is 10.2. The monoisotopic (exact) mass is 437 g/mol. The predicted molar refractivity (Wildman–Crippen MR) is 109 cm³/mol. The number of methoxy groups -OCH3 is 3. The summed E-state index contributed by atoms with van der Waals surface area (Å²) >= 11 is 0. The number of esters is 1. The minimum atomic E-state index is -1.15. The number of amides is 1. The minimum absolute atomic E-state index is 0.228. The van der Waals surface area contributed by atoms with Gasteiger partial charge in [0.2, 0.25) is 0 Å². The lowest BCUT2D eigenvalue weighted by molar-refractivity contribution is -0.174. The molecule has 9 nitrogen and oxygen atoms in total. The molecule has 0 aromatic heterocycles. The summed E-state index contributed by atoms with van der Waals surface area (Å²) in [4.78, 5) is 27.3. The summed E-state index contributed by atoms with van der Waals surface area (Å²) in [5, 5.41) is 0. The van der Waals surface area contributed by atoms with E-state index in [2.05, 4.69) is 0 Å². The average molecular weight is 437 g/mol. The van der Waals surface area contributed by atoms with E-state index in [4.69, 9.17) is 28.4 Å². The molecule has 0 saturated carbocycles. The van der Waals surface area contributed by atoms with E-state index in [1.165, 1.54) is 21.3 Å². The van der Waals surface area contributed by atoms with E-state index in [-0.39, 0.29) is 6.10 Å². The van der Waals surface area contributed by atoms with Gasteiger partial charge in [-0.1, -0.05) is 30.3 Å². The first-order chi connectivity index (χ1) is 14.8. The fourth-order valence-corrected chi connectivity index (χ4v) is 4.05. The van der Waals surface area contributed by atoms with Crippen molar-refractivity contribution in [1.82, 2.24) is 4.90 Å². The van der Waals surface area contributed by atoms with Crippen molar-refractivity contribution in [3.8, 4) is 0 Å². The van der Waals surface area contributed by atoms with Gasteiger partial charge in [0.05, 0.1) is 25.9 Å². The Morgan fingerprint density at radius 2 is 1.74 bits per heavy atom. The van der Waals surface area contributed by atoms with Gasteiger partial charge in [-0.05, 0) is 19.4 Å². The molecule has 1 aromatic rings. The number of rotatable bonds is 8. The summed E-state index contributed by atoms with van der Waals surface area (Å²) in [6.07, 6.45) is -2.65. The van der Waals surface area contributed by atoms with Crippen molar-refractivity contribution in [2.75, 3.05) is 27.9 Å². The van der Waals surface area contributed by atoms with Crippen molar-refractivity contribution in [3.05, 3.63) is 35.9 Å². The van der Waals surface area contributed by atoms with E-state index in [1.807, 2.05) is 30.3 Å². The molecule has 2 aliphatic rings. The second-order valence-electron chi connectivity index (χ2n) is 8.05. The van der Waals surface area contributed by atoms with Crippen molar-refractivity contribution in [2.24, 2.45) is 0 Å². The number of hydrogen-bond donors (Lipinski definition) is 0. The second-order valence-corrected chi connectivity index (χ2v) is 8.05. The molecule has 4 atom stereocenters. The van der Waals surface area contributed by atoms with Crippen molar-refractivity contribution in [2.45, 2.75) is 63.3 Å². The van der Waals surface area contributed by atoms with E-state index in [0.717, 1.165) is 5.56 Å². The smallest absolute Gasteiger partial charge is 0.338 e. The highest BCUT2D eigenvalue weighted by Gasteiger charge is 2.53. The van der Waals surface area contributed by atoms with Gasteiger partial charge in [-0.25, -0.2) is 4.79 Å². The maximum atomic E-state index is 13.5. The Morgan fingerprint density at radius 1 is 1.10 bits per heavy atom. The molecule has 1 amide bonds. The molecule has 2 aliphatic heterocycles. The first kappa shape index (κ1) is 23.6. The van der Waals surface area contributed by atoms with Crippen molar-refractivity contribution < 1.29 is 38.0 Å². The van der Waals surface area contributed by atoms with Crippen LogP contribution in [0.5, 0.6) is 0 Å². The van der Waals surface area contributed by atoms with Crippen LogP contribution in [-0.4, -0.2) is 81.1 Å². The maximum absolute atomic E-state index is 13.5. The Hall–Kier alpha value is -2.04. The molecule has 0 aliphatic carbocycles. The van der Waals surface area contributed by atoms with Gasteiger partial charge in [0.25, 0.3) is 5.91 Å². The van der Waals surface area contributed by atoms with Crippen LogP contribution in [0.15, 0.2) is 30.3 Å². The Labute approximate surface area is 182 Å². The normalized spacial score (nSPS) is 27.6. The van der Waals surface area contributed by atoms with Crippen LogP contribution in [0.1, 0.15) is 25.8 Å². The predicted octanol–water partition coefficient (Wildman–Crippen LogP) is 1.48. The second kappa shape index (κ2) is 10.1. The Balaban J connectivity index is 1.76. The fourth-order valence-electron chi connectivity index (χ4n) is 4.05. The fraction of sp³-hybridized carbons (Fsp3) is 0.636. The zero-order valence-electron chi connectivity index (χ0n) is 18.6. The molecule has 0 spiro atoms.